The van der Waals surface area contributed by atoms with Crippen molar-refractivity contribution in [2.45, 2.75) is 50.2 Å². The van der Waals surface area contributed by atoms with E-state index in [1.165, 1.54) is 11.2 Å². The van der Waals surface area contributed by atoms with Crippen LogP contribution in [0.15, 0.2) is 35.5 Å². The van der Waals surface area contributed by atoms with Crippen LogP contribution in [0.25, 0.3) is 5.78 Å². The monoisotopic (exact) mass is 381 g/mol. The van der Waals surface area contributed by atoms with Gasteiger partial charge in [0.15, 0.2) is 0 Å². The van der Waals surface area contributed by atoms with Crippen molar-refractivity contribution in [2.24, 2.45) is 0 Å². The van der Waals surface area contributed by atoms with Gasteiger partial charge in [-0.25, -0.2) is 9.50 Å². The minimum atomic E-state index is 0.162. The number of fused-ring (bicyclic) bond motifs is 2. The zero-order chi connectivity index (χ0) is 19.0. The van der Waals surface area contributed by atoms with E-state index >= 15 is 0 Å². The van der Waals surface area contributed by atoms with E-state index in [0.717, 1.165) is 35.6 Å². The third-order valence-electron chi connectivity index (χ3n) is 5.12. The number of benzene rings is 1. The number of carbonyl (C=O) groups is 1. The van der Waals surface area contributed by atoms with Gasteiger partial charge in [-0.15, -0.1) is 11.8 Å². The van der Waals surface area contributed by atoms with E-state index in [1.54, 1.807) is 4.52 Å². The van der Waals surface area contributed by atoms with Gasteiger partial charge in [-0.3, -0.25) is 4.79 Å². The third-order valence-corrected chi connectivity index (χ3v) is 6.36. The lowest BCUT2D eigenvalue weighted by Crippen LogP contribution is -2.32. The molecule has 1 atom stereocenters. The Kier molecular flexibility index (Phi) is 4.86. The molecular weight excluding hydrogens is 358 g/mol. The van der Waals surface area contributed by atoms with Crippen LogP contribution in [-0.2, 0) is 11.2 Å². The summed E-state index contributed by atoms with van der Waals surface area (Å²) in [7, 11) is 0. The number of anilines is 1. The molecule has 6 nitrogen and oxygen atoms in total. The molecule has 0 saturated carbocycles. The molecule has 1 aromatic carbocycles. The van der Waals surface area contributed by atoms with Gasteiger partial charge in [0, 0.05) is 34.5 Å². The van der Waals surface area contributed by atoms with Crippen molar-refractivity contribution in [3.8, 4) is 0 Å². The molecule has 1 unspecified atom stereocenters. The van der Waals surface area contributed by atoms with Crippen molar-refractivity contribution < 1.29 is 4.79 Å². The predicted octanol–water partition coefficient (Wildman–Crippen LogP) is 3.59. The number of aromatic nitrogens is 4. The molecule has 2 aromatic heterocycles. The van der Waals surface area contributed by atoms with Crippen molar-refractivity contribution in [1.82, 2.24) is 19.6 Å². The lowest BCUT2D eigenvalue weighted by Gasteiger charge is -2.23. The van der Waals surface area contributed by atoms with E-state index in [0.29, 0.717) is 23.9 Å². The molecule has 0 aliphatic carbocycles. The zero-order valence-electron chi connectivity index (χ0n) is 15.8. The van der Waals surface area contributed by atoms with Crippen molar-refractivity contribution >= 4 is 29.1 Å². The quantitative estimate of drug-likeness (QED) is 0.694. The number of hydrogen-bond donors (Lipinski definition) is 0. The van der Waals surface area contributed by atoms with E-state index < -0.39 is 0 Å². The first-order chi connectivity index (χ1) is 13.0. The summed E-state index contributed by atoms with van der Waals surface area (Å²) < 4.78 is 1.74. The van der Waals surface area contributed by atoms with Crippen LogP contribution in [0.2, 0.25) is 0 Å². The SMILES string of the molecule is Cc1nc2ncnn2c(C)c1CCC(=O)N1CCC(C)Sc2ccccc21. The third kappa shape index (κ3) is 3.43. The van der Waals surface area contributed by atoms with Gasteiger partial charge >= 0.3 is 0 Å². The number of nitrogens with zero attached hydrogens (tertiary/aromatic N) is 5. The minimum Gasteiger partial charge on any atom is -0.311 e. The second-order valence-corrected chi connectivity index (χ2v) is 8.44. The molecule has 0 saturated heterocycles. The first-order valence-electron chi connectivity index (χ1n) is 9.26. The van der Waals surface area contributed by atoms with Crippen LogP contribution >= 0.6 is 11.8 Å². The topological polar surface area (TPSA) is 63.4 Å². The van der Waals surface area contributed by atoms with Gasteiger partial charge in [0.25, 0.3) is 5.78 Å². The molecule has 3 heterocycles. The van der Waals surface area contributed by atoms with Gasteiger partial charge in [-0.1, -0.05) is 19.1 Å². The number of rotatable bonds is 3. The fraction of sp³-hybridized carbons (Fsp3) is 0.400. The largest absolute Gasteiger partial charge is 0.311 e. The van der Waals surface area contributed by atoms with Crippen molar-refractivity contribution in [3.63, 3.8) is 0 Å². The molecule has 0 fully saturated rings. The second-order valence-electron chi connectivity index (χ2n) is 6.96. The zero-order valence-corrected chi connectivity index (χ0v) is 16.7. The molecular formula is C20H23N5OS. The summed E-state index contributed by atoms with van der Waals surface area (Å²) in [5.74, 6) is 0.766. The Labute approximate surface area is 163 Å². The van der Waals surface area contributed by atoms with Gasteiger partial charge < -0.3 is 4.90 Å². The molecule has 0 bridgehead atoms. The van der Waals surface area contributed by atoms with Crippen LogP contribution in [0, 0.1) is 13.8 Å². The highest BCUT2D eigenvalue weighted by Gasteiger charge is 2.24. The van der Waals surface area contributed by atoms with Gasteiger partial charge in [0.05, 0.1) is 5.69 Å². The highest BCUT2D eigenvalue weighted by atomic mass is 32.2. The van der Waals surface area contributed by atoms with Gasteiger partial charge in [0.1, 0.15) is 6.33 Å². The molecule has 0 N–H and O–H groups in total. The molecule has 27 heavy (non-hydrogen) atoms. The normalized spacial score (nSPS) is 17.0. The molecule has 0 radical (unpaired) electrons. The van der Waals surface area contributed by atoms with Crippen molar-refractivity contribution in [2.75, 3.05) is 11.4 Å². The molecule has 1 amide bonds. The minimum absolute atomic E-state index is 0.162. The maximum absolute atomic E-state index is 13.1. The van der Waals surface area contributed by atoms with Crippen LogP contribution in [0.4, 0.5) is 5.69 Å². The number of carbonyl (C=O) groups excluding carboxylic acids is 1. The van der Waals surface area contributed by atoms with E-state index in [2.05, 4.69) is 34.1 Å². The lowest BCUT2D eigenvalue weighted by molar-refractivity contribution is -0.118. The summed E-state index contributed by atoms with van der Waals surface area (Å²) in [4.78, 5) is 24.9. The highest BCUT2D eigenvalue weighted by molar-refractivity contribution is 8.00. The summed E-state index contributed by atoms with van der Waals surface area (Å²) in [6.07, 6.45) is 3.62. The molecule has 4 rings (SSSR count). The van der Waals surface area contributed by atoms with Gasteiger partial charge in [0.2, 0.25) is 5.91 Å². The summed E-state index contributed by atoms with van der Waals surface area (Å²) >= 11 is 1.85. The van der Waals surface area contributed by atoms with Gasteiger partial charge in [-0.05, 0) is 44.4 Å². The molecule has 3 aromatic rings. The molecule has 1 aliphatic rings. The van der Waals surface area contributed by atoms with E-state index in [9.17, 15) is 4.79 Å². The number of hydrogen-bond acceptors (Lipinski definition) is 5. The van der Waals surface area contributed by atoms with Gasteiger partial charge in [-0.2, -0.15) is 10.1 Å². The molecule has 7 heteroatoms. The van der Waals surface area contributed by atoms with Crippen molar-refractivity contribution in [3.05, 3.63) is 47.5 Å². The Morgan fingerprint density at radius 2 is 2.11 bits per heavy atom. The smallest absolute Gasteiger partial charge is 0.252 e. The van der Waals surface area contributed by atoms with E-state index in [4.69, 9.17) is 0 Å². The van der Waals surface area contributed by atoms with Crippen LogP contribution in [-0.4, -0.2) is 37.3 Å². The van der Waals surface area contributed by atoms with Crippen LogP contribution in [0.1, 0.15) is 36.7 Å². The predicted molar refractivity (Wildman–Crippen MR) is 107 cm³/mol. The first kappa shape index (κ1) is 18.0. The average molecular weight is 382 g/mol. The fourth-order valence-corrected chi connectivity index (χ4v) is 4.74. The number of thioether (sulfide) groups is 1. The van der Waals surface area contributed by atoms with Crippen LogP contribution in [0.3, 0.4) is 0 Å². The summed E-state index contributed by atoms with van der Waals surface area (Å²) in [5, 5.41) is 4.74. The molecule has 1 aliphatic heterocycles. The van der Waals surface area contributed by atoms with E-state index in [-0.39, 0.29) is 5.91 Å². The lowest BCUT2D eigenvalue weighted by atomic mass is 10.1. The standard InChI is InChI=1S/C20H23N5OS/c1-13-10-11-24(17-6-4-5-7-18(17)27-13)19(26)9-8-16-14(2)23-20-21-12-22-25(20)15(16)3/h4-7,12-13H,8-11H2,1-3H3. The Balaban J connectivity index is 1.57. The summed E-state index contributed by atoms with van der Waals surface area (Å²) in [5.41, 5.74) is 4.03. The molecule has 140 valence electrons. The number of aryl methyl sites for hydroxylation is 2. The van der Waals surface area contributed by atoms with Crippen LogP contribution in [0.5, 0.6) is 0 Å². The molecule has 0 spiro atoms. The first-order valence-corrected chi connectivity index (χ1v) is 10.1. The number of amides is 1. The van der Waals surface area contributed by atoms with Crippen LogP contribution < -0.4 is 4.90 Å². The number of para-hydroxylation sites is 1. The summed E-state index contributed by atoms with van der Waals surface area (Å²) in [6.45, 7) is 6.97. The second kappa shape index (κ2) is 7.31. The summed E-state index contributed by atoms with van der Waals surface area (Å²) in [6, 6.07) is 8.21. The Hall–Kier alpha value is -2.41. The van der Waals surface area contributed by atoms with E-state index in [1.807, 2.05) is 42.6 Å². The average Bonchev–Trinajstić information content (AvgIpc) is 3.04. The Morgan fingerprint density at radius 3 is 2.96 bits per heavy atom. The Bertz CT molecular complexity index is 999. The van der Waals surface area contributed by atoms with Crippen molar-refractivity contribution in [1.29, 1.82) is 0 Å². The fourth-order valence-electron chi connectivity index (χ4n) is 3.63. The highest BCUT2D eigenvalue weighted by Crippen LogP contribution is 2.37. The Morgan fingerprint density at radius 1 is 1.30 bits per heavy atom. The maximum atomic E-state index is 13.1. The maximum Gasteiger partial charge on any atom is 0.252 e.